The van der Waals surface area contributed by atoms with E-state index in [2.05, 4.69) is 25.9 Å². The highest BCUT2D eigenvalue weighted by Gasteiger charge is 2.13. The molecule has 0 aliphatic carbocycles. The van der Waals surface area contributed by atoms with Crippen molar-refractivity contribution < 1.29 is 23.8 Å². The molecule has 0 spiro atoms. The molecular formula is C30H29BrN2O6. The SMILES string of the molecule is CCOC(=O)c1cc(=O)cc(-c2ccccc2)[nH]1.CCOC(=O)c1cc(OCCBr)cc(-c2ccccc2)n1. The van der Waals surface area contributed by atoms with Crippen molar-refractivity contribution in [1.82, 2.24) is 9.97 Å². The van der Waals surface area contributed by atoms with Crippen molar-refractivity contribution in [3.8, 4) is 28.3 Å². The fraction of sp³-hybridized carbons (Fsp3) is 0.200. The maximum absolute atomic E-state index is 11.9. The van der Waals surface area contributed by atoms with Crippen molar-refractivity contribution in [2.24, 2.45) is 0 Å². The average molecular weight is 593 g/mol. The topological polar surface area (TPSA) is 108 Å². The van der Waals surface area contributed by atoms with Crippen LogP contribution in [0.2, 0.25) is 0 Å². The summed E-state index contributed by atoms with van der Waals surface area (Å²) in [6.07, 6.45) is 0. The van der Waals surface area contributed by atoms with Crippen LogP contribution in [0.1, 0.15) is 34.8 Å². The Morgan fingerprint density at radius 2 is 1.44 bits per heavy atom. The summed E-state index contributed by atoms with van der Waals surface area (Å²) >= 11 is 3.31. The predicted molar refractivity (Wildman–Crippen MR) is 153 cm³/mol. The van der Waals surface area contributed by atoms with Crippen molar-refractivity contribution >= 4 is 27.9 Å². The van der Waals surface area contributed by atoms with Crippen molar-refractivity contribution in [2.75, 3.05) is 25.2 Å². The summed E-state index contributed by atoms with van der Waals surface area (Å²) in [4.78, 5) is 42.3. The van der Waals surface area contributed by atoms with Gasteiger partial charge in [-0.15, -0.1) is 0 Å². The number of hydrogen-bond donors (Lipinski definition) is 1. The Morgan fingerprint density at radius 3 is 2.05 bits per heavy atom. The molecule has 4 aromatic rings. The molecule has 0 unspecified atom stereocenters. The molecule has 2 heterocycles. The van der Waals surface area contributed by atoms with E-state index < -0.39 is 11.9 Å². The summed E-state index contributed by atoms with van der Waals surface area (Å²) in [5.74, 6) is -0.363. The van der Waals surface area contributed by atoms with E-state index >= 15 is 0 Å². The lowest BCUT2D eigenvalue weighted by Gasteiger charge is -2.09. The molecule has 0 atom stereocenters. The third-order valence-electron chi connectivity index (χ3n) is 5.12. The highest BCUT2D eigenvalue weighted by atomic mass is 79.9. The standard InChI is InChI=1S/C16H16BrNO3.C14H13NO3/c1-2-20-16(19)15-11-13(21-9-8-17)10-14(18-15)12-6-4-3-5-7-12;1-2-18-14(17)13-9-11(16)8-12(15-13)10-6-4-3-5-7-10/h3-7,10-11H,2,8-9H2,1H3;3-9H,2H2,1H3,(H,15,16). The molecular weight excluding hydrogens is 564 g/mol. The minimum Gasteiger partial charge on any atom is -0.493 e. The molecule has 8 nitrogen and oxygen atoms in total. The van der Waals surface area contributed by atoms with Crippen LogP contribution in [0.25, 0.3) is 22.5 Å². The number of aromatic amines is 1. The van der Waals surface area contributed by atoms with E-state index in [1.165, 1.54) is 12.1 Å². The number of hydrogen-bond acceptors (Lipinski definition) is 7. The van der Waals surface area contributed by atoms with Crippen molar-refractivity contribution in [3.63, 3.8) is 0 Å². The van der Waals surface area contributed by atoms with E-state index in [0.717, 1.165) is 11.1 Å². The number of esters is 2. The quantitative estimate of drug-likeness (QED) is 0.190. The van der Waals surface area contributed by atoms with Crippen LogP contribution >= 0.6 is 15.9 Å². The van der Waals surface area contributed by atoms with Crippen LogP contribution in [0, 0.1) is 0 Å². The van der Waals surface area contributed by atoms with Crippen LogP contribution in [0.5, 0.6) is 5.75 Å². The number of aromatic nitrogens is 2. The zero-order chi connectivity index (χ0) is 28.0. The molecule has 4 rings (SSSR count). The summed E-state index contributed by atoms with van der Waals surface area (Å²) in [5, 5.41) is 0.713. The number of alkyl halides is 1. The second kappa shape index (κ2) is 15.2. The van der Waals surface area contributed by atoms with Crippen LogP contribution in [-0.4, -0.2) is 47.1 Å². The number of nitrogens with zero attached hydrogens (tertiary/aromatic N) is 1. The molecule has 0 fully saturated rings. The summed E-state index contributed by atoms with van der Waals surface area (Å²) in [6.45, 7) is 4.59. The largest absolute Gasteiger partial charge is 0.493 e. The molecule has 39 heavy (non-hydrogen) atoms. The Kier molecular flexibility index (Phi) is 11.5. The second-order valence-corrected chi connectivity index (χ2v) is 8.72. The third-order valence-corrected chi connectivity index (χ3v) is 5.45. The Balaban J connectivity index is 0.000000218. The Hall–Kier alpha value is -4.24. The molecule has 2 aromatic carbocycles. The van der Waals surface area contributed by atoms with Gasteiger partial charge in [0.15, 0.2) is 11.1 Å². The van der Waals surface area contributed by atoms with Gasteiger partial charge in [-0.3, -0.25) is 4.79 Å². The molecule has 2 aromatic heterocycles. The van der Waals surface area contributed by atoms with Gasteiger partial charge in [0.2, 0.25) is 0 Å². The first-order valence-electron chi connectivity index (χ1n) is 12.4. The van der Waals surface area contributed by atoms with Crippen molar-refractivity contribution in [3.05, 3.63) is 107 Å². The number of ether oxygens (including phenoxy) is 3. The zero-order valence-electron chi connectivity index (χ0n) is 21.7. The molecule has 0 bridgehead atoms. The van der Waals surface area contributed by atoms with Crippen LogP contribution in [0.15, 0.2) is 89.7 Å². The van der Waals surface area contributed by atoms with E-state index in [-0.39, 0.29) is 23.4 Å². The van der Waals surface area contributed by atoms with Gasteiger partial charge < -0.3 is 19.2 Å². The molecule has 9 heteroatoms. The van der Waals surface area contributed by atoms with E-state index in [1.807, 2.05) is 66.7 Å². The van der Waals surface area contributed by atoms with E-state index in [9.17, 15) is 14.4 Å². The highest BCUT2D eigenvalue weighted by molar-refractivity contribution is 9.09. The van der Waals surface area contributed by atoms with E-state index in [1.54, 1.807) is 19.9 Å². The third kappa shape index (κ3) is 8.93. The number of carbonyl (C=O) groups is 2. The first-order valence-corrected chi connectivity index (χ1v) is 13.5. The Bertz CT molecular complexity index is 1420. The number of H-pyrrole nitrogens is 1. The van der Waals surface area contributed by atoms with Gasteiger partial charge in [-0.25, -0.2) is 14.6 Å². The van der Waals surface area contributed by atoms with Gasteiger partial charge >= 0.3 is 11.9 Å². The van der Waals surface area contributed by atoms with Crippen LogP contribution < -0.4 is 10.2 Å². The molecule has 0 radical (unpaired) electrons. The molecule has 1 N–H and O–H groups in total. The smallest absolute Gasteiger partial charge is 0.357 e. The van der Waals surface area contributed by atoms with E-state index in [4.69, 9.17) is 14.2 Å². The first kappa shape index (κ1) is 29.3. The Labute approximate surface area is 235 Å². The van der Waals surface area contributed by atoms with Gasteiger partial charge in [0, 0.05) is 40.9 Å². The Morgan fingerprint density at radius 1 is 0.821 bits per heavy atom. The van der Waals surface area contributed by atoms with Crippen LogP contribution in [0.3, 0.4) is 0 Å². The van der Waals surface area contributed by atoms with Crippen molar-refractivity contribution in [1.29, 1.82) is 0 Å². The maximum atomic E-state index is 11.9. The number of benzene rings is 2. The number of halogens is 1. The summed E-state index contributed by atoms with van der Waals surface area (Å²) in [6, 6.07) is 25.1. The minimum atomic E-state index is -0.521. The number of carbonyl (C=O) groups excluding carboxylic acids is 2. The number of pyridine rings is 2. The van der Waals surface area contributed by atoms with Gasteiger partial charge in [-0.2, -0.15) is 0 Å². The first-order chi connectivity index (χ1) is 18.9. The summed E-state index contributed by atoms with van der Waals surface area (Å²) in [5.41, 5.74) is 3.26. The molecule has 0 saturated heterocycles. The lowest BCUT2D eigenvalue weighted by molar-refractivity contribution is 0.0510. The lowest BCUT2D eigenvalue weighted by Crippen LogP contribution is -2.12. The fourth-order valence-electron chi connectivity index (χ4n) is 3.45. The molecule has 0 saturated carbocycles. The van der Waals surface area contributed by atoms with Gasteiger partial charge in [0.05, 0.1) is 25.5 Å². The summed E-state index contributed by atoms with van der Waals surface area (Å²) < 4.78 is 15.5. The molecule has 202 valence electrons. The minimum absolute atomic E-state index is 0.170. The van der Waals surface area contributed by atoms with Crippen molar-refractivity contribution in [2.45, 2.75) is 13.8 Å². The normalized spacial score (nSPS) is 10.1. The van der Waals surface area contributed by atoms with Gasteiger partial charge in [0.1, 0.15) is 11.4 Å². The highest BCUT2D eigenvalue weighted by Crippen LogP contribution is 2.23. The maximum Gasteiger partial charge on any atom is 0.357 e. The molecule has 0 amide bonds. The molecule has 0 aliphatic rings. The predicted octanol–water partition coefficient (Wildman–Crippen LogP) is 5.92. The second-order valence-electron chi connectivity index (χ2n) is 7.93. The van der Waals surface area contributed by atoms with Gasteiger partial charge in [-0.1, -0.05) is 76.6 Å². The van der Waals surface area contributed by atoms with Gasteiger partial charge in [-0.05, 0) is 19.4 Å². The number of rotatable bonds is 9. The van der Waals surface area contributed by atoms with E-state index in [0.29, 0.717) is 35.7 Å². The van der Waals surface area contributed by atoms with Gasteiger partial charge in [0.25, 0.3) is 0 Å². The number of nitrogens with one attached hydrogen (secondary N) is 1. The fourth-order valence-corrected chi connectivity index (χ4v) is 3.61. The average Bonchev–Trinajstić information content (AvgIpc) is 2.97. The zero-order valence-corrected chi connectivity index (χ0v) is 23.3. The van der Waals surface area contributed by atoms with Crippen LogP contribution in [0.4, 0.5) is 0 Å². The molecule has 0 aliphatic heterocycles. The monoisotopic (exact) mass is 592 g/mol. The summed E-state index contributed by atoms with van der Waals surface area (Å²) in [7, 11) is 0. The lowest BCUT2D eigenvalue weighted by atomic mass is 10.1. The van der Waals surface area contributed by atoms with Crippen LogP contribution in [-0.2, 0) is 9.47 Å².